The standard InChI is InChI=1S/C11H13ClFNO2/c1-2-16-11(15)10(14)5-7-3-4-8(12)6-9(7)13/h3-4,6,10H,2,5,14H2,1H3. The van der Waals surface area contributed by atoms with Crippen molar-refractivity contribution in [1.29, 1.82) is 0 Å². The normalized spacial score (nSPS) is 12.2. The van der Waals surface area contributed by atoms with E-state index in [1.807, 2.05) is 0 Å². The van der Waals surface area contributed by atoms with Gasteiger partial charge in [0.05, 0.1) is 6.61 Å². The average Bonchev–Trinajstić information content (AvgIpc) is 2.22. The van der Waals surface area contributed by atoms with Crippen LogP contribution in [0.4, 0.5) is 4.39 Å². The molecule has 5 heteroatoms. The molecule has 1 aromatic rings. The third kappa shape index (κ3) is 3.47. The average molecular weight is 246 g/mol. The van der Waals surface area contributed by atoms with Gasteiger partial charge in [-0.3, -0.25) is 4.79 Å². The highest BCUT2D eigenvalue weighted by atomic mass is 35.5. The van der Waals surface area contributed by atoms with Gasteiger partial charge in [0, 0.05) is 11.4 Å². The van der Waals surface area contributed by atoms with Crippen molar-refractivity contribution < 1.29 is 13.9 Å². The predicted octanol–water partition coefficient (Wildman–Crippen LogP) is 1.91. The second-order valence-corrected chi connectivity index (χ2v) is 3.73. The summed E-state index contributed by atoms with van der Waals surface area (Å²) in [5, 5.41) is 0.311. The Hall–Kier alpha value is -1.13. The number of hydrogen-bond acceptors (Lipinski definition) is 3. The molecule has 0 bridgehead atoms. The summed E-state index contributed by atoms with van der Waals surface area (Å²) < 4.78 is 18.1. The van der Waals surface area contributed by atoms with Crippen molar-refractivity contribution in [2.45, 2.75) is 19.4 Å². The molecule has 0 aliphatic heterocycles. The topological polar surface area (TPSA) is 52.3 Å². The minimum absolute atomic E-state index is 0.0990. The molecule has 0 saturated carbocycles. The first kappa shape index (κ1) is 12.9. The van der Waals surface area contributed by atoms with Crippen LogP contribution in [-0.4, -0.2) is 18.6 Å². The van der Waals surface area contributed by atoms with Crippen LogP contribution in [0.3, 0.4) is 0 Å². The maximum absolute atomic E-state index is 13.4. The van der Waals surface area contributed by atoms with Gasteiger partial charge < -0.3 is 10.5 Å². The minimum atomic E-state index is -0.851. The van der Waals surface area contributed by atoms with Gasteiger partial charge in [-0.25, -0.2) is 4.39 Å². The first-order chi connectivity index (χ1) is 7.54. The Morgan fingerprint density at radius 3 is 2.88 bits per heavy atom. The Morgan fingerprint density at radius 2 is 2.31 bits per heavy atom. The predicted molar refractivity (Wildman–Crippen MR) is 59.7 cm³/mol. The van der Waals surface area contributed by atoms with E-state index >= 15 is 0 Å². The molecule has 0 aliphatic carbocycles. The Bertz CT molecular complexity index is 384. The van der Waals surface area contributed by atoms with E-state index in [1.54, 1.807) is 13.0 Å². The van der Waals surface area contributed by atoms with Crippen LogP contribution >= 0.6 is 11.6 Å². The number of carbonyl (C=O) groups excluding carboxylic acids is 1. The molecule has 1 unspecified atom stereocenters. The summed E-state index contributed by atoms with van der Waals surface area (Å²) in [6, 6.07) is 3.40. The van der Waals surface area contributed by atoms with E-state index in [0.717, 1.165) is 0 Å². The zero-order chi connectivity index (χ0) is 12.1. The number of rotatable bonds is 4. The molecule has 16 heavy (non-hydrogen) atoms. The lowest BCUT2D eigenvalue weighted by Crippen LogP contribution is -2.34. The number of esters is 1. The molecule has 88 valence electrons. The SMILES string of the molecule is CCOC(=O)C(N)Cc1ccc(Cl)cc1F. The van der Waals surface area contributed by atoms with Gasteiger partial charge in [0.25, 0.3) is 0 Å². The summed E-state index contributed by atoms with van der Waals surface area (Å²) in [5.41, 5.74) is 5.92. The van der Waals surface area contributed by atoms with Crippen molar-refractivity contribution in [2.24, 2.45) is 5.73 Å². The van der Waals surface area contributed by atoms with E-state index < -0.39 is 17.8 Å². The fraction of sp³-hybridized carbons (Fsp3) is 0.364. The molecule has 0 aliphatic rings. The Labute approximate surface area is 98.3 Å². The summed E-state index contributed by atoms with van der Waals surface area (Å²) in [4.78, 5) is 11.2. The van der Waals surface area contributed by atoms with Gasteiger partial charge in [-0.2, -0.15) is 0 Å². The second kappa shape index (κ2) is 5.82. The van der Waals surface area contributed by atoms with Crippen molar-refractivity contribution in [1.82, 2.24) is 0 Å². The fourth-order valence-electron chi connectivity index (χ4n) is 1.26. The van der Waals surface area contributed by atoms with Crippen molar-refractivity contribution in [3.8, 4) is 0 Å². The largest absolute Gasteiger partial charge is 0.465 e. The number of hydrogen-bond donors (Lipinski definition) is 1. The third-order valence-electron chi connectivity index (χ3n) is 2.04. The summed E-state index contributed by atoms with van der Waals surface area (Å²) in [5.74, 6) is -0.996. The highest BCUT2D eigenvalue weighted by molar-refractivity contribution is 6.30. The monoisotopic (exact) mass is 245 g/mol. The summed E-state index contributed by atoms with van der Waals surface area (Å²) in [6.07, 6.45) is 0.0990. The van der Waals surface area contributed by atoms with Crippen molar-refractivity contribution in [3.05, 3.63) is 34.6 Å². The number of carbonyl (C=O) groups is 1. The lowest BCUT2D eigenvalue weighted by molar-refractivity contribution is -0.144. The van der Waals surface area contributed by atoms with Crippen LogP contribution in [0.25, 0.3) is 0 Å². The van der Waals surface area contributed by atoms with E-state index in [0.29, 0.717) is 10.6 Å². The molecular weight excluding hydrogens is 233 g/mol. The Kier molecular flexibility index (Phi) is 4.71. The highest BCUT2D eigenvalue weighted by Gasteiger charge is 2.17. The van der Waals surface area contributed by atoms with E-state index in [2.05, 4.69) is 0 Å². The van der Waals surface area contributed by atoms with E-state index in [-0.39, 0.29) is 13.0 Å². The Balaban J connectivity index is 2.69. The van der Waals surface area contributed by atoms with Gasteiger partial charge in [0.2, 0.25) is 0 Å². The van der Waals surface area contributed by atoms with Crippen LogP contribution in [0.15, 0.2) is 18.2 Å². The van der Waals surface area contributed by atoms with Crippen LogP contribution in [0.5, 0.6) is 0 Å². The number of benzene rings is 1. The Morgan fingerprint density at radius 1 is 1.62 bits per heavy atom. The van der Waals surface area contributed by atoms with Gasteiger partial charge in [0.1, 0.15) is 11.9 Å². The van der Waals surface area contributed by atoms with Crippen LogP contribution in [0.1, 0.15) is 12.5 Å². The van der Waals surface area contributed by atoms with Gasteiger partial charge in [-0.05, 0) is 24.6 Å². The molecule has 3 nitrogen and oxygen atoms in total. The number of ether oxygens (including phenoxy) is 1. The number of halogens is 2. The maximum atomic E-state index is 13.4. The molecule has 0 aromatic heterocycles. The van der Waals surface area contributed by atoms with Gasteiger partial charge in [-0.1, -0.05) is 17.7 Å². The lowest BCUT2D eigenvalue weighted by atomic mass is 10.1. The quantitative estimate of drug-likeness (QED) is 0.825. The van der Waals surface area contributed by atoms with Crippen LogP contribution < -0.4 is 5.73 Å². The van der Waals surface area contributed by atoms with Gasteiger partial charge in [0.15, 0.2) is 0 Å². The molecule has 2 N–H and O–H groups in total. The number of nitrogens with two attached hydrogens (primary N) is 1. The second-order valence-electron chi connectivity index (χ2n) is 3.30. The summed E-state index contributed by atoms with van der Waals surface area (Å²) in [6.45, 7) is 1.95. The lowest BCUT2D eigenvalue weighted by Gasteiger charge is -2.11. The molecule has 0 amide bonds. The molecule has 0 heterocycles. The summed E-state index contributed by atoms with van der Waals surface area (Å²) >= 11 is 5.60. The van der Waals surface area contributed by atoms with E-state index in [1.165, 1.54) is 12.1 Å². The zero-order valence-electron chi connectivity index (χ0n) is 8.87. The first-order valence-corrected chi connectivity index (χ1v) is 5.28. The summed E-state index contributed by atoms with van der Waals surface area (Å²) in [7, 11) is 0. The van der Waals surface area contributed by atoms with Crippen molar-refractivity contribution in [3.63, 3.8) is 0 Å². The van der Waals surface area contributed by atoms with E-state index in [9.17, 15) is 9.18 Å². The molecule has 1 rings (SSSR count). The van der Waals surface area contributed by atoms with Crippen molar-refractivity contribution in [2.75, 3.05) is 6.61 Å². The van der Waals surface area contributed by atoms with Crippen LogP contribution in [-0.2, 0) is 16.0 Å². The smallest absolute Gasteiger partial charge is 0.323 e. The van der Waals surface area contributed by atoms with E-state index in [4.69, 9.17) is 22.1 Å². The fourth-order valence-corrected chi connectivity index (χ4v) is 1.42. The maximum Gasteiger partial charge on any atom is 0.323 e. The zero-order valence-corrected chi connectivity index (χ0v) is 9.63. The van der Waals surface area contributed by atoms with Gasteiger partial charge in [-0.15, -0.1) is 0 Å². The van der Waals surface area contributed by atoms with Crippen LogP contribution in [0.2, 0.25) is 5.02 Å². The first-order valence-electron chi connectivity index (χ1n) is 4.90. The molecule has 0 saturated heterocycles. The minimum Gasteiger partial charge on any atom is -0.465 e. The third-order valence-corrected chi connectivity index (χ3v) is 2.28. The molecule has 1 aromatic carbocycles. The van der Waals surface area contributed by atoms with Gasteiger partial charge >= 0.3 is 5.97 Å². The van der Waals surface area contributed by atoms with Crippen LogP contribution in [0, 0.1) is 5.82 Å². The highest BCUT2D eigenvalue weighted by Crippen LogP contribution is 2.15. The molecule has 0 radical (unpaired) electrons. The molecular formula is C11H13ClFNO2. The molecule has 0 fully saturated rings. The van der Waals surface area contributed by atoms with Crippen molar-refractivity contribution >= 4 is 17.6 Å². The molecule has 0 spiro atoms. The molecule has 1 atom stereocenters.